The number of alkyl halides is 5. The SMILES string of the molecule is OC(C/C=C/C1CCC2CCCCC2C1)(C(F)(F)F)C(F)(F)C(F)=C(F)F. The van der Waals surface area contributed by atoms with Crippen LogP contribution in [0.4, 0.5) is 35.1 Å². The van der Waals surface area contributed by atoms with Crippen molar-refractivity contribution in [3.8, 4) is 0 Å². The molecule has 1 nitrogen and oxygen atoms in total. The maximum absolute atomic E-state index is 13.7. The van der Waals surface area contributed by atoms with Gasteiger partial charge in [0.05, 0.1) is 0 Å². The van der Waals surface area contributed by atoms with Crippen molar-refractivity contribution in [2.24, 2.45) is 17.8 Å². The Morgan fingerprint density at radius 2 is 1.48 bits per heavy atom. The van der Waals surface area contributed by atoms with Crippen LogP contribution >= 0.6 is 0 Å². The Morgan fingerprint density at radius 3 is 2.04 bits per heavy atom. The highest BCUT2D eigenvalue weighted by atomic mass is 19.4. The van der Waals surface area contributed by atoms with Crippen molar-refractivity contribution in [3.63, 3.8) is 0 Å². The van der Waals surface area contributed by atoms with E-state index in [9.17, 15) is 40.2 Å². The Hall–Kier alpha value is -1.12. The summed E-state index contributed by atoms with van der Waals surface area (Å²) < 4.78 is 104. The molecule has 0 aromatic rings. The minimum absolute atomic E-state index is 0.131. The van der Waals surface area contributed by atoms with Crippen molar-refractivity contribution in [3.05, 3.63) is 24.1 Å². The number of aliphatic hydroxyl groups is 1. The van der Waals surface area contributed by atoms with Crippen LogP contribution in [0.15, 0.2) is 24.1 Å². The normalized spacial score (nSPS) is 29.3. The third-order valence-corrected chi connectivity index (χ3v) is 5.83. The number of halogens is 8. The second-order valence-corrected chi connectivity index (χ2v) is 7.52. The van der Waals surface area contributed by atoms with E-state index in [0.717, 1.165) is 38.5 Å². The van der Waals surface area contributed by atoms with Gasteiger partial charge in [-0.2, -0.15) is 35.1 Å². The second kappa shape index (κ2) is 8.09. The molecule has 0 bridgehead atoms. The highest BCUT2D eigenvalue weighted by molar-refractivity contribution is 5.18. The van der Waals surface area contributed by atoms with Crippen LogP contribution in [0.25, 0.3) is 0 Å². The first-order chi connectivity index (χ1) is 12.4. The quantitative estimate of drug-likeness (QED) is 0.406. The summed E-state index contributed by atoms with van der Waals surface area (Å²) in [7, 11) is 0. The zero-order valence-electron chi connectivity index (χ0n) is 14.5. The molecule has 2 rings (SSSR count). The van der Waals surface area contributed by atoms with E-state index in [1.807, 2.05) is 0 Å². The van der Waals surface area contributed by atoms with Crippen molar-refractivity contribution in [2.45, 2.75) is 69.1 Å². The van der Waals surface area contributed by atoms with E-state index in [1.54, 1.807) is 0 Å². The molecule has 2 aliphatic carbocycles. The fourth-order valence-corrected chi connectivity index (χ4v) is 4.24. The average Bonchev–Trinajstić information content (AvgIpc) is 2.59. The molecule has 0 saturated heterocycles. The van der Waals surface area contributed by atoms with E-state index in [2.05, 4.69) is 0 Å². The van der Waals surface area contributed by atoms with Gasteiger partial charge in [-0.05, 0) is 37.0 Å². The first-order valence-corrected chi connectivity index (χ1v) is 8.95. The molecule has 156 valence electrons. The third kappa shape index (κ3) is 4.49. The number of rotatable bonds is 5. The average molecular weight is 406 g/mol. The Balaban J connectivity index is 2.13. The molecule has 4 atom stereocenters. The summed E-state index contributed by atoms with van der Waals surface area (Å²) in [5.41, 5.74) is -4.95. The van der Waals surface area contributed by atoms with Crippen molar-refractivity contribution < 1.29 is 40.2 Å². The standard InChI is InChI=1S/C18H22F8O/c19-14(15(20)21)17(22,23)16(27,18(24,25)26)9-3-4-11-7-8-12-5-1-2-6-13(12)10-11/h3-4,11-13,27H,1-2,5-10H2/b4-3+. The maximum atomic E-state index is 13.7. The van der Waals surface area contributed by atoms with Crippen LogP contribution < -0.4 is 0 Å². The van der Waals surface area contributed by atoms with Gasteiger partial charge < -0.3 is 5.11 Å². The lowest BCUT2D eigenvalue weighted by Gasteiger charge is -2.38. The van der Waals surface area contributed by atoms with Gasteiger partial charge in [0.1, 0.15) is 0 Å². The second-order valence-electron chi connectivity index (χ2n) is 7.52. The van der Waals surface area contributed by atoms with Crippen molar-refractivity contribution in [1.82, 2.24) is 0 Å². The van der Waals surface area contributed by atoms with Crippen molar-refractivity contribution in [1.29, 1.82) is 0 Å². The van der Waals surface area contributed by atoms with Gasteiger partial charge in [0.2, 0.25) is 11.4 Å². The Labute approximate surface area is 152 Å². The van der Waals surface area contributed by atoms with Gasteiger partial charge in [-0.25, -0.2) is 0 Å². The number of fused-ring (bicyclic) bond motifs is 1. The fourth-order valence-electron chi connectivity index (χ4n) is 4.24. The molecule has 0 aromatic carbocycles. The summed E-state index contributed by atoms with van der Waals surface area (Å²) in [5, 5.41) is 9.48. The molecule has 2 saturated carbocycles. The van der Waals surface area contributed by atoms with Crippen LogP contribution in [0.5, 0.6) is 0 Å². The van der Waals surface area contributed by atoms with E-state index in [-0.39, 0.29) is 5.92 Å². The lowest BCUT2D eigenvalue weighted by atomic mass is 9.67. The molecular weight excluding hydrogens is 384 g/mol. The van der Waals surface area contributed by atoms with Gasteiger partial charge in [-0.3, -0.25) is 0 Å². The van der Waals surface area contributed by atoms with Crippen LogP contribution in [0.2, 0.25) is 0 Å². The molecule has 0 radical (unpaired) electrons. The Bertz CT molecular complexity index is 578. The molecule has 4 unspecified atom stereocenters. The Kier molecular flexibility index (Phi) is 6.64. The number of allylic oxidation sites excluding steroid dienone is 1. The van der Waals surface area contributed by atoms with E-state index in [0.29, 0.717) is 24.3 Å². The van der Waals surface area contributed by atoms with Gasteiger partial charge in [0, 0.05) is 6.42 Å². The summed E-state index contributed by atoms with van der Waals surface area (Å²) >= 11 is 0. The topological polar surface area (TPSA) is 20.2 Å². The van der Waals surface area contributed by atoms with E-state index < -0.39 is 36.0 Å². The maximum Gasteiger partial charge on any atom is 0.423 e. The van der Waals surface area contributed by atoms with Crippen LogP contribution in [-0.4, -0.2) is 22.8 Å². The zero-order chi connectivity index (χ0) is 20.5. The molecular formula is C18H22F8O. The molecule has 1 N–H and O–H groups in total. The minimum atomic E-state index is -6.01. The minimum Gasteiger partial charge on any atom is -0.375 e. The molecule has 27 heavy (non-hydrogen) atoms. The van der Waals surface area contributed by atoms with Crippen LogP contribution in [-0.2, 0) is 0 Å². The van der Waals surface area contributed by atoms with E-state index in [4.69, 9.17) is 0 Å². The molecule has 0 spiro atoms. The lowest BCUT2D eigenvalue weighted by molar-refractivity contribution is -0.324. The van der Waals surface area contributed by atoms with Gasteiger partial charge >= 0.3 is 18.2 Å². The lowest BCUT2D eigenvalue weighted by Crippen LogP contribution is -2.59. The van der Waals surface area contributed by atoms with Crippen molar-refractivity contribution >= 4 is 0 Å². The summed E-state index contributed by atoms with van der Waals surface area (Å²) in [6.07, 6.45) is -2.63. The first-order valence-electron chi connectivity index (χ1n) is 8.95. The predicted octanol–water partition coefficient (Wildman–Crippen LogP) is 6.55. The third-order valence-electron chi connectivity index (χ3n) is 5.83. The van der Waals surface area contributed by atoms with Gasteiger partial charge in [0.15, 0.2) is 0 Å². The highest BCUT2D eigenvalue weighted by Gasteiger charge is 2.71. The first kappa shape index (κ1) is 22.2. The van der Waals surface area contributed by atoms with Crippen molar-refractivity contribution in [2.75, 3.05) is 0 Å². The molecule has 2 aliphatic rings. The predicted molar refractivity (Wildman–Crippen MR) is 82.8 cm³/mol. The van der Waals surface area contributed by atoms with E-state index >= 15 is 0 Å². The number of hydrogen-bond donors (Lipinski definition) is 1. The zero-order valence-corrected chi connectivity index (χ0v) is 14.5. The highest BCUT2D eigenvalue weighted by Crippen LogP contribution is 2.50. The Morgan fingerprint density at radius 1 is 0.889 bits per heavy atom. The van der Waals surface area contributed by atoms with Gasteiger partial charge in [-0.1, -0.05) is 37.8 Å². The van der Waals surface area contributed by atoms with Crippen LogP contribution in [0.3, 0.4) is 0 Å². The fraction of sp³-hybridized carbons (Fsp3) is 0.778. The van der Waals surface area contributed by atoms with Gasteiger partial charge in [-0.15, -0.1) is 0 Å². The number of hydrogen-bond acceptors (Lipinski definition) is 1. The largest absolute Gasteiger partial charge is 0.423 e. The molecule has 0 heterocycles. The van der Waals surface area contributed by atoms with Crippen LogP contribution in [0.1, 0.15) is 51.4 Å². The van der Waals surface area contributed by atoms with Crippen LogP contribution in [0, 0.1) is 17.8 Å². The summed E-state index contributed by atoms with van der Waals surface area (Å²) in [6.45, 7) is 0. The smallest absolute Gasteiger partial charge is 0.375 e. The molecule has 0 aromatic heterocycles. The summed E-state index contributed by atoms with van der Waals surface area (Å²) in [6, 6.07) is 0. The molecule has 0 amide bonds. The molecule has 2 fully saturated rings. The molecule has 0 aliphatic heterocycles. The summed E-state index contributed by atoms with van der Waals surface area (Å²) in [4.78, 5) is 0. The molecule has 9 heteroatoms. The van der Waals surface area contributed by atoms with Gasteiger partial charge in [0.25, 0.3) is 0 Å². The van der Waals surface area contributed by atoms with E-state index in [1.165, 1.54) is 6.08 Å². The monoisotopic (exact) mass is 406 g/mol. The summed E-state index contributed by atoms with van der Waals surface area (Å²) in [5.74, 6) is -8.49.